The maximum Gasteiger partial charge on any atom is 0.123 e. The second kappa shape index (κ2) is 6.92. The van der Waals surface area contributed by atoms with Crippen LogP contribution in [0.25, 0.3) is 0 Å². The monoisotopic (exact) mass is 262 g/mol. The zero-order chi connectivity index (χ0) is 13.7. The minimum atomic E-state index is 0.534. The minimum absolute atomic E-state index is 0.534. The Kier molecular flexibility index (Phi) is 5.23. The number of piperidine rings is 1. The van der Waals surface area contributed by atoms with Gasteiger partial charge in [-0.15, -0.1) is 0 Å². The first-order valence-electron chi connectivity index (χ1n) is 7.39. The van der Waals surface area contributed by atoms with Gasteiger partial charge in [-0.1, -0.05) is 24.6 Å². The molecule has 0 spiro atoms. The number of nitrogens with two attached hydrogens (primary N) is 1. The number of para-hydroxylation sites is 1. The first kappa shape index (κ1) is 14.4. The summed E-state index contributed by atoms with van der Waals surface area (Å²) in [5.74, 6) is 0.933. The summed E-state index contributed by atoms with van der Waals surface area (Å²) >= 11 is 0. The molecule has 0 radical (unpaired) electrons. The molecule has 2 N–H and O–H groups in total. The third-order valence-electron chi connectivity index (χ3n) is 4.18. The van der Waals surface area contributed by atoms with Gasteiger partial charge in [-0.2, -0.15) is 0 Å². The van der Waals surface area contributed by atoms with Crippen LogP contribution in [0.3, 0.4) is 0 Å². The molecule has 2 unspecified atom stereocenters. The van der Waals surface area contributed by atoms with E-state index in [2.05, 4.69) is 18.7 Å². The van der Waals surface area contributed by atoms with Gasteiger partial charge >= 0.3 is 0 Å². The van der Waals surface area contributed by atoms with Crippen LogP contribution in [-0.4, -0.2) is 30.1 Å². The standard InChI is InChI=1S/C16H26N2O/c1-13-6-5-7-14(2)18(13)10-11-19-16-9-4-3-8-15(16)12-17/h3-4,8-9,13-14H,5-7,10-12,17H2,1-2H3. The van der Waals surface area contributed by atoms with Gasteiger partial charge in [0, 0.05) is 30.7 Å². The van der Waals surface area contributed by atoms with Gasteiger partial charge in [0.05, 0.1) is 0 Å². The van der Waals surface area contributed by atoms with Crippen molar-refractivity contribution in [3.05, 3.63) is 29.8 Å². The Morgan fingerprint density at radius 2 is 1.89 bits per heavy atom. The molecule has 0 aliphatic carbocycles. The van der Waals surface area contributed by atoms with Crippen molar-refractivity contribution >= 4 is 0 Å². The molecule has 106 valence electrons. The van der Waals surface area contributed by atoms with Crippen LogP contribution >= 0.6 is 0 Å². The molecular formula is C16H26N2O. The Bertz CT molecular complexity index is 384. The topological polar surface area (TPSA) is 38.5 Å². The van der Waals surface area contributed by atoms with E-state index in [-0.39, 0.29) is 0 Å². The lowest BCUT2D eigenvalue weighted by Crippen LogP contribution is -2.45. The lowest BCUT2D eigenvalue weighted by Gasteiger charge is -2.38. The van der Waals surface area contributed by atoms with Gasteiger partial charge < -0.3 is 10.5 Å². The largest absolute Gasteiger partial charge is 0.492 e. The predicted molar refractivity (Wildman–Crippen MR) is 79.3 cm³/mol. The average Bonchev–Trinajstić information content (AvgIpc) is 2.42. The summed E-state index contributed by atoms with van der Waals surface area (Å²) in [6.45, 7) is 6.92. The van der Waals surface area contributed by atoms with Crippen LogP contribution in [0, 0.1) is 0 Å². The Morgan fingerprint density at radius 1 is 1.21 bits per heavy atom. The number of rotatable bonds is 5. The molecule has 1 heterocycles. The highest BCUT2D eigenvalue weighted by molar-refractivity contribution is 5.32. The summed E-state index contributed by atoms with van der Waals surface area (Å²) in [5, 5.41) is 0. The molecule has 1 aromatic rings. The van der Waals surface area contributed by atoms with Gasteiger partial charge in [0.25, 0.3) is 0 Å². The van der Waals surface area contributed by atoms with E-state index in [1.807, 2.05) is 24.3 Å². The molecule has 1 aliphatic heterocycles. The van der Waals surface area contributed by atoms with Crippen LogP contribution in [0.1, 0.15) is 38.7 Å². The first-order valence-corrected chi connectivity index (χ1v) is 7.39. The summed E-state index contributed by atoms with van der Waals surface area (Å²) in [5.41, 5.74) is 6.80. The number of benzene rings is 1. The fourth-order valence-electron chi connectivity index (χ4n) is 2.99. The normalized spacial score (nSPS) is 24.4. The number of ether oxygens (including phenoxy) is 1. The second-order valence-corrected chi connectivity index (χ2v) is 5.53. The van der Waals surface area contributed by atoms with E-state index < -0.39 is 0 Å². The molecule has 1 aliphatic rings. The second-order valence-electron chi connectivity index (χ2n) is 5.53. The Morgan fingerprint density at radius 3 is 2.58 bits per heavy atom. The van der Waals surface area contributed by atoms with Gasteiger partial charge in [0.15, 0.2) is 0 Å². The lowest BCUT2D eigenvalue weighted by molar-refractivity contribution is 0.0849. The van der Waals surface area contributed by atoms with Crippen LogP contribution in [0.5, 0.6) is 5.75 Å². The van der Waals surface area contributed by atoms with Crippen molar-refractivity contribution in [2.45, 2.75) is 51.7 Å². The molecule has 3 nitrogen and oxygen atoms in total. The summed E-state index contributed by atoms with van der Waals surface area (Å²) in [6, 6.07) is 9.39. The van der Waals surface area contributed by atoms with Gasteiger partial charge in [0.1, 0.15) is 12.4 Å². The number of hydrogen-bond donors (Lipinski definition) is 1. The predicted octanol–water partition coefficient (Wildman–Crippen LogP) is 2.79. The highest BCUT2D eigenvalue weighted by atomic mass is 16.5. The third-order valence-corrected chi connectivity index (χ3v) is 4.18. The fourth-order valence-corrected chi connectivity index (χ4v) is 2.99. The zero-order valence-corrected chi connectivity index (χ0v) is 12.1. The number of hydrogen-bond acceptors (Lipinski definition) is 3. The van der Waals surface area contributed by atoms with Crippen molar-refractivity contribution in [3.63, 3.8) is 0 Å². The van der Waals surface area contributed by atoms with Crippen molar-refractivity contribution in [1.29, 1.82) is 0 Å². The van der Waals surface area contributed by atoms with Crippen molar-refractivity contribution in [3.8, 4) is 5.75 Å². The molecule has 0 amide bonds. The van der Waals surface area contributed by atoms with Crippen molar-refractivity contribution in [2.75, 3.05) is 13.2 Å². The lowest BCUT2D eigenvalue weighted by atomic mass is 9.98. The molecule has 1 aromatic carbocycles. The van der Waals surface area contributed by atoms with Crippen LogP contribution in [0.2, 0.25) is 0 Å². The van der Waals surface area contributed by atoms with E-state index in [1.165, 1.54) is 19.3 Å². The highest BCUT2D eigenvalue weighted by Gasteiger charge is 2.24. The van der Waals surface area contributed by atoms with E-state index in [1.54, 1.807) is 0 Å². The van der Waals surface area contributed by atoms with Crippen LogP contribution in [0.15, 0.2) is 24.3 Å². The van der Waals surface area contributed by atoms with Crippen molar-refractivity contribution in [2.24, 2.45) is 5.73 Å². The quantitative estimate of drug-likeness (QED) is 0.887. The van der Waals surface area contributed by atoms with Gasteiger partial charge in [-0.3, -0.25) is 4.90 Å². The maximum atomic E-state index is 5.91. The average molecular weight is 262 g/mol. The summed E-state index contributed by atoms with van der Waals surface area (Å²) < 4.78 is 5.91. The van der Waals surface area contributed by atoms with Gasteiger partial charge in [-0.25, -0.2) is 0 Å². The molecule has 2 rings (SSSR count). The minimum Gasteiger partial charge on any atom is -0.492 e. The molecule has 0 aromatic heterocycles. The first-order chi connectivity index (χ1) is 9.22. The molecule has 19 heavy (non-hydrogen) atoms. The summed E-state index contributed by atoms with van der Waals surface area (Å²) in [7, 11) is 0. The Hall–Kier alpha value is -1.06. The van der Waals surface area contributed by atoms with Gasteiger partial charge in [0.2, 0.25) is 0 Å². The van der Waals surface area contributed by atoms with Crippen LogP contribution in [-0.2, 0) is 6.54 Å². The van der Waals surface area contributed by atoms with E-state index in [0.29, 0.717) is 18.6 Å². The number of likely N-dealkylation sites (tertiary alicyclic amines) is 1. The van der Waals surface area contributed by atoms with E-state index in [4.69, 9.17) is 10.5 Å². The van der Waals surface area contributed by atoms with E-state index in [9.17, 15) is 0 Å². The molecule has 0 saturated carbocycles. The molecule has 1 saturated heterocycles. The molecule has 3 heteroatoms. The molecule has 2 atom stereocenters. The smallest absolute Gasteiger partial charge is 0.123 e. The number of nitrogens with zero attached hydrogens (tertiary/aromatic N) is 1. The highest BCUT2D eigenvalue weighted by Crippen LogP contribution is 2.22. The van der Waals surface area contributed by atoms with E-state index >= 15 is 0 Å². The third kappa shape index (κ3) is 3.71. The summed E-state index contributed by atoms with van der Waals surface area (Å²) in [6.07, 6.45) is 3.98. The SMILES string of the molecule is CC1CCCC(C)N1CCOc1ccccc1CN. The Labute approximate surface area is 116 Å². The van der Waals surface area contributed by atoms with Crippen LogP contribution < -0.4 is 10.5 Å². The van der Waals surface area contributed by atoms with Crippen LogP contribution in [0.4, 0.5) is 0 Å². The molecular weight excluding hydrogens is 236 g/mol. The molecule has 1 fully saturated rings. The van der Waals surface area contributed by atoms with E-state index in [0.717, 1.165) is 24.5 Å². The van der Waals surface area contributed by atoms with Crippen molar-refractivity contribution in [1.82, 2.24) is 4.90 Å². The Balaban J connectivity index is 1.85. The maximum absolute atomic E-state index is 5.91. The molecule has 0 bridgehead atoms. The fraction of sp³-hybridized carbons (Fsp3) is 0.625. The zero-order valence-electron chi connectivity index (χ0n) is 12.1. The van der Waals surface area contributed by atoms with Crippen molar-refractivity contribution < 1.29 is 4.74 Å². The van der Waals surface area contributed by atoms with Gasteiger partial charge in [-0.05, 0) is 32.8 Å². The summed E-state index contributed by atoms with van der Waals surface area (Å²) in [4.78, 5) is 2.56.